The summed E-state index contributed by atoms with van der Waals surface area (Å²) >= 11 is 0. The topological polar surface area (TPSA) is 46.2 Å². The quantitative estimate of drug-likeness (QED) is 0.430. The Balaban J connectivity index is 2.77. The van der Waals surface area contributed by atoms with E-state index in [1.165, 1.54) is 0 Å². The molecule has 11 heavy (non-hydrogen) atoms. The summed E-state index contributed by atoms with van der Waals surface area (Å²) in [6.45, 7) is -0.0813. The fourth-order valence-corrected chi connectivity index (χ4v) is 0.769. The minimum absolute atomic E-state index is 0.0813. The van der Waals surface area contributed by atoms with E-state index in [9.17, 15) is 18.4 Å². The lowest BCUT2D eigenvalue weighted by Gasteiger charge is -1.89. The molecule has 0 unspecified atom stereocenters. The molecule has 1 fully saturated rings. The molecule has 0 saturated carbocycles. The first-order valence-electron chi connectivity index (χ1n) is 2.92. The van der Waals surface area contributed by atoms with Crippen molar-refractivity contribution in [2.24, 2.45) is 0 Å². The Morgan fingerprint density at radius 1 is 1.45 bits per heavy atom. The maximum absolute atomic E-state index is 11.6. The molecule has 1 aliphatic heterocycles. The van der Waals surface area contributed by atoms with Gasteiger partial charge in [-0.3, -0.25) is 9.59 Å². The van der Waals surface area contributed by atoms with Gasteiger partial charge in [-0.15, -0.1) is 0 Å². The van der Waals surface area contributed by atoms with Crippen molar-refractivity contribution in [2.75, 3.05) is 6.54 Å². The molecule has 0 bridgehead atoms. The number of hydrogen-bond acceptors (Lipinski definition) is 2. The third-order valence-electron chi connectivity index (χ3n) is 1.26. The lowest BCUT2D eigenvalue weighted by atomic mass is 10.2. The van der Waals surface area contributed by atoms with Crippen LogP contribution in [0.3, 0.4) is 0 Å². The molecule has 1 amide bonds. The summed E-state index contributed by atoms with van der Waals surface area (Å²) in [7, 11) is 0. The zero-order chi connectivity index (χ0) is 8.43. The molecule has 0 atom stereocenters. The lowest BCUT2D eigenvalue weighted by Crippen LogP contribution is -2.18. The molecular formula is C6H5F2NO2. The molecule has 0 spiro atoms. The van der Waals surface area contributed by atoms with Crippen LogP contribution in [-0.4, -0.2) is 24.7 Å². The zero-order valence-corrected chi connectivity index (χ0v) is 5.43. The maximum atomic E-state index is 11.6. The van der Waals surface area contributed by atoms with Gasteiger partial charge in [0, 0.05) is 12.1 Å². The van der Waals surface area contributed by atoms with E-state index >= 15 is 0 Å². The number of ketones is 1. The number of halogens is 2. The molecule has 3 nitrogen and oxygen atoms in total. The van der Waals surface area contributed by atoms with Crippen LogP contribution in [0.15, 0.2) is 11.6 Å². The Hall–Kier alpha value is -1.26. The minimum Gasteiger partial charge on any atom is -0.345 e. The number of rotatable bonds is 1. The maximum Gasteiger partial charge on any atom is 0.292 e. The molecule has 0 aromatic carbocycles. The fraction of sp³-hybridized carbons (Fsp3) is 0.333. The molecule has 0 aromatic rings. The van der Waals surface area contributed by atoms with Gasteiger partial charge >= 0.3 is 0 Å². The molecule has 1 aliphatic rings. The third kappa shape index (κ3) is 1.60. The number of Topliss-reactive ketones (excluding diaryl/α,β-unsaturated/α-hetero) is 1. The van der Waals surface area contributed by atoms with Gasteiger partial charge in [-0.2, -0.15) is 0 Å². The van der Waals surface area contributed by atoms with Crippen molar-refractivity contribution in [2.45, 2.75) is 6.43 Å². The Morgan fingerprint density at radius 2 is 2.09 bits per heavy atom. The number of amides is 1. The second-order valence-corrected chi connectivity index (χ2v) is 2.04. The standard InChI is InChI=1S/C6H5F2NO2/c7-4(8)1-3-2-9-6(11)5(3)10/h1,4H,2H2,(H,9,11). The van der Waals surface area contributed by atoms with E-state index in [0.717, 1.165) is 0 Å². The number of allylic oxidation sites excluding steroid dienone is 1. The summed E-state index contributed by atoms with van der Waals surface area (Å²) in [5.41, 5.74) is -0.148. The summed E-state index contributed by atoms with van der Waals surface area (Å²) < 4.78 is 23.2. The Bertz CT molecular complexity index is 235. The van der Waals surface area contributed by atoms with Crippen LogP contribution in [0.2, 0.25) is 0 Å². The van der Waals surface area contributed by atoms with Gasteiger partial charge in [0.1, 0.15) is 0 Å². The van der Waals surface area contributed by atoms with Gasteiger partial charge in [0.05, 0.1) is 0 Å². The van der Waals surface area contributed by atoms with Gasteiger partial charge in [-0.05, 0) is 6.08 Å². The predicted octanol–water partition coefficient (Wildman–Crippen LogP) is -0.123. The van der Waals surface area contributed by atoms with E-state index in [2.05, 4.69) is 5.32 Å². The molecule has 5 heteroatoms. The highest BCUT2D eigenvalue weighted by Gasteiger charge is 2.26. The van der Waals surface area contributed by atoms with E-state index in [0.29, 0.717) is 6.08 Å². The molecular weight excluding hydrogens is 156 g/mol. The summed E-state index contributed by atoms with van der Waals surface area (Å²) in [6, 6.07) is 0. The number of carbonyl (C=O) groups is 2. The van der Waals surface area contributed by atoms with Crippen molar-refractivity contribution in [3.05, 3.63) is 11.6 Å². The van der Waals surface area contributed by atoms with Crippen molar-refractivity contribution >= 4 is 11.7 Å². The summed E-state index contributed by atoms with van der Waals surface area (Å²) in [5.74, 6) is -1.66. The van der Waals surface area contributed by atoms with Crippen molar-refractivity contribution in [3.8, 4) is 0 Å². The van der Waals surface area contributed by atoms with Crippen LogP contribution in [0, 0.1) is 0 Å². The Kier molecular flexibility index (Phi) is 1.98. The van der Waals surface area contributed by atoms with Gasteiger partial charge in [0.15, 0.2) is 0 Å². The second-order valence-electron chi connectivity index (χ2n) is 2.04. The molecule has 0 radical (unpaired) electrons. The van der Waals surface area contributed by atoms with E-state index in [1.54, 1.807) is 0 Å². The summed E-state index contributed by atoms with van der Waals surface area (Å²) in [5, 5.41) is 2.13. The highest BCUT2D eigenvalue weighted by Crippen LogP contribution is 2.06. The molecule has 0 aromatic heterocycles. The van der Waals surface area contributed by atoms with Crippen molar-refractivity contribution in [1.82, 2.24) is 5.32 Å². The molecule has 1 rings (SSSR count). The highest BCUT2D eigenvalue weighted by atomic mass is 19.3. The fourth-order valence-electron chi connectivity index (χ4n) is 0.769. The Labute approximate surface area is 61.1 Å². The van der Waals surface area contributed by atoms with Crippen molar-refractivity contribution in [3.63, 3.8) is 0 Å². The number of hydrogen-bond donors (Lipinski definition) is 1. The van der Waals surface area contributed by atoms with Gasteiger partial charge < -0.3 is 5.32 Å². The summed E-state index contributed by atoms with van der Waals surface area (Å²) in [4.78, 5) is 21.0. The minimum atomic E-state index is -2.68. The monoisotopic (exact) mass is 161 g/mol. The van der Waals surface area contributed by atoms with E-state index in [4.69, 9.17) is 0 Å². The van der Waals surface area contributed by atoms with Crippen molar-refractivity contribution < 1.29 is 18.4 Å². The van der Waals surface area contributed by atoms with Crippen LogP contribution >= 0.6 is 0 Å². The molecule has 1 N–H and O–H groups in total. The Morgan fingerprint density at radius 3 is 2.45 bits per heavy atom. The number of carbonyl (C=O) groups excluding carboxylic acids is 2. The zero-order valence-electron chi connectivity index (χ0n) is 5.43. The van der Waals surface area contributed by atoms with Crippen LogP contribution in [0.4, 0.5) is 8.78 Å². The van der Waals surface area contributed by atoms with Crippen LogP contribution in [0.5, 0.6) is 0 Å². The first-order chi connectivity index (χ1) is 5.11. The van der Waals surface area contributed by atoms with E-state index in [1.807, 2.05) is 0 Å². The van der Waals surface area contributed by atoms with Crippen LogP contribution < -0.4 is 5.32 Å². The van der Waals surface area contributed by atoms with E-state index < -0.39 is 18.1 Å². The normalized spacial score (nSPS) is 21.5. The van der Waals surface area contributed by atoms with Crippen LogP contribution in [0.1, 0.15) is 0 Å². The second kappa shape index (κ2) is 2.77. The largest absolute Gasteiger partial charge is 0.345 e. The first kappa shape index (κ1) is 7.84. The van der Waals surface area contributed by atoms with E-state index in [-0.39, 0.29) is 12.1 Å². The molecule has 1 saturated heterocycles. The van der Waals surface area contributed by atoms with Gasteiger partial charge in [0.2, 0.25) is 5.78 Å². The first-order valence-corrected chi connectivity index (χ1v) is 2.92. The van der Waals surface area contributed by atoms with Gasteiger partial charge in [0.25, 0.3) is 12.3 Å². The van der Waals surface area contributed by atoms with Crippen molar-refractivity contribution in [1.29, 1.82) is 0 Å². The number of alkyl halides is 2. The summed E-state index contributed by atoms with van der Waals surface area (Å²) in [6.07, 6.45) is -2.19. The molecule has 1 heterocycles. The third-order valence-corrected chi connectivity index (χ3v) is 1.26. The van der Waals surface area contributed by atoms with Crippen LogP contribution in [0.25, 0.3) is 0 Å². The smallest absolute Gasteiger partial charge is 0.292 e. The van der Waals surface area contributed by atoms with Gasteiger partial charge in [-0.1, -0.05) is 0 Å². The SMILES string of the molecule is O=C1NCC(=CC(F)F)C1=O. The average molecular weight is 161 g/mol. The highest BCUT2D eigenvalue weighted by molar-refractivity contribution is 6.45. The average Bonchev–Trinajstić information content (AvgIpc) is 2.18. The molecule has 60 valence electrons. The predicted molar refractivity (Wildman–Crippen MR) is 32.1 cm³/mol. The van der Waals surface area contributed by atoms with Gasteiger partial charge in [-0.25, -0.2) is 8.78 Å². The molecule has 0 aliphatic carbocycles. The number of nitrogens with one attached hydrogen (secondary N) is 1. The lowest BCUT2D eigenvalue weighted by molar-refractivity contribution is -0.133. The van der Waals surface area contributed by atoms with Crippen LogP contribution in [-0.2, 0) is 9.59 Å².